The number of carbonyl (C=O) groups excluding carboxylic acids is 2. The Bertz CT molecular complexity index is 590. The van der Waals surface area contributed by atoms with Crippen molar-refractivity contribution in [3.05, 3.63) is 28.8 Å². The second kappa shape index (κ2) is 8.18. The van der Waals surface area contributed by atoms with Crippen LogP contribution in [0, 0.1) is 0 Å². The van der Waals surface area contributed by atoms with Gasteiger partial charge in [0.15, 0.2) is 0 Å². The number of rotatable bonds is 6. The molecule has 1 aromatic carbocycles. The van der Waals surface area contributed by atoms with Gasteiger partial charge in [0.05, 0.1) is 6.61 Å². The third-order valence-corrected chi connectivity index (χ3v) is 3.90. The van der Waals surface area contributed by atoms with Crippen molar-refractivity contribution in [3.8, 4) is 5.75 Å². The molecule has 0 fully saturated rings. The Hall–Kier alpha value is -2.04. The molecule has 0 unspecified atom stereocenters. The van der Waals surface area contributed by atoms with Gasteiger partial charge in [-0.05, 0) is 76.1 Å². The number of aldehydes is 1. The van der Waals surface area contributed by atoms with E-state index >= 15 is 0 Å². The van der Waals surface area contributed by atoms with Crippen LogP contribution in [0.25, 0.3) is 0 Å². The van der Waals surface area contributed by atoms with Crippen molar-refractivity contribution < 1.29 is 19.1 Å². The Balaban J connectivity index is 1.81. The highest BCUT2D eigenvalue weighted by Crippen LogP contribution is 2.31. The van der Waals surface area contributed by atoms with Gasteiger partial charge in [0.25, 0.3) is 0 Å². The van der Waals surface area contributed by atoms with E-state index in [4.69, 9.17) is 9.47 Å². The zero-order chi connectivity index (χ0) is 17.6. The van der Waals surface area contributed by atoms with E-state index in [1.54, 1.807) is 0 Å². The summed E-state index contributed by atoms with van der Waals surface area (Å²) in [6, 6.07) is 3.72. The molecule has 0 bridgehead atoms. The maximum atomic E-state index is 11.5. The molecule has 132 valence electrons. The second-order valence-electron chi connectivity index (χ2n) is 7.07. The van der Waals surface area contributed by atoms with Crippen molar-refractivity contribution in [2.75, 3.05) is 13.2 Å². The number of benzene rings is 1. The number of fused-ring (bicyclic) bond motifs is 1. The first-order chi connectivity index (χ1) is 11.4. The van der Waals surface area contributed by atoms with E-state index in [2.05, 4.69) is 5.32 Å². The Morgan fingerprint density at radius 1 is 1.21 bits per heavy atom. The number of carbonyl (C=O) groups is 2. The second-order valence-corrected chi connectivity index (χ2v) is 7.07. The predicted molar refractivity (Wildman–Crippen MR) is 92.8 cm³/mol. The van der Waals surface area contributed by atoms with Gasteiger partial charge < -0.3 is 14.8 Å². The van der Waals surface area contributed by atoms with E-state index in [-0.39, 0.29) is 0 Å². The Labute approximate surface area is 143 Å². The minimum absolute atomic E-state index is 0.407. The summed E-state index contributed by atoms with van der Waals surface area (Å²) < 4.78 is 11.1. The molecular formula is C19H27NO4. The largest absolute Gasteiger partial charge is 0.493 e. The van der Waals surface area contributed by atoms with Gasteiger partial charge in [-0.15, -0.1) is 0 Å². The first kappa shape index (κ1) is 18.3. The van der Waals surface area contributed by atoms with Crippen LogP contribution in [0.1, 0.15) is 61.5 Å². The van der Waals surface area contributed by atoms with Gasteiger partial charge in [0.1, 0.15) is 17.6 Å². The fourth-order valence-corrected chi connectivity index (χ4v) is 2.87. The summed E-state index contributed by atoms with van der Waals surface area (Å²) in [4.78, 5) is 22.7. The average molecular weight is 333 g/mol. The molecule has 1 aromatic rings. The zero-order valence-electron chi connectivity index (χ0n) is 14.8. The minimum atomic E-state index is -0.486. The summed E-state index contributed by atoms with van der Waals surface area (Å²) in [6.07, 6.45) is 5.38. The Morgan fingerprint density at radius 3 is 2.58 bits per heavy atom. The molecule has 1 aliphatic rings. The van der Waals surface area contributed by atoms with Crippen LogP contribution in [0.4, 0.5) is 4.79 Å². The van der Waals surface area contributed by atoms with Crippen LogP contribution >= 0.6 is 0 Å². The Morgan fingerprint density at radius 2 is 1.92 bits per heavy atom. The molecule has 0 saturated carbocycles. The fourth-order valence-electron chi connectivity index (χ4n) is 2.87. The standard InChI is InChI=1S/C19H27NO4/c1-19(2,3)24-18(22)20-11-6-12-23-17-10-9-14(13-21)15-7-4-5-8-16(15)17/h9-10,13H,4-8,11-12H2,1-3H3,(H,20,22). The molecule has 0 atom stereocenters. The minimum Gasteiger partial charge on any atom is -0.493 e. The summed E-state index contributed by atoms with van der Waals surface area (Å²) in [7, 11) is 0. The molecule has 0 spiro atoms. The van der Waals surface area contributed by atoms with Crippen molar-refractivity contribution in [1.82, 2.24) is 5.32 Å². The van der Waals surface area contributed by atoms with E-state index in [1.165, 1.54) is 5.56 Å². The lowest BCUT2D eigenvalue weighted by atomic mass is 9.88. The van der Waals surface area contributed by atoms with E-state index < -0.39 is 11.7 Å². The highest BCUT2D eigenvalue weighted by Gasteiger charge is 2.18. The smallest absolute Gasteiger partial charge is 0.407 e. The summed E-state index contributed by atoms with van der Waals surface area (Å²) in [5.41, 5.74) is 2.61. The average Bonchev–Trinajstić information content (AvgIpc) is 2.53. The number of ether oxygens (including phenoxy) is 2. The molecule has 0 aliphatic heterocycles. The van der Waals surface area contributed by atoms with Gasteiger partial charge in [-0.25, -0.2) is 4.79 Å². The number of nitrogens with one attached hydrogen (secondary N) is 1. The predicted octanol–water partition coefficient (Wildman–Crippen LogP) is 3.67. The molecule has 0 radical (unpaired) electrons. The number of amides is 1. The molecule has 1 N–H and O–H groups in total. The number of hydrogen-bond donors (Lipinski definition) is 1. The lowest BCUT2D eigenvalue weighted by Crippen LogP contribution is -2.33. The van der Waals surface area contributed by atoms with Crippen LogP contribution in [0.5, 0.6) is 5.75 Å². The van der Waals surface area contributed by atoms with Crippen molar-refractivity contribution in [2.45, 2.75) is 58.5 Å². The molecule has 5 nitrogen and oxygen atoms in total. The number of hydrogen-bond acceptors (Lipinski definition) is 4. The van der Waals surface area contributed by atoms with Gasteiger partial charge in [-0.3, -0.25) is 4.79 Å². The molecule has 24 heavy (non-hydrogen) atoms. The highest BCUT2D eigenvalue weighted by molar-refractivity contribution is 5.79. The zero-order valence-corrected chi connectivity index (χ0v) is 14.8. The Kier molecular flexibility index (Phi) is 6.23. The lowest BCUT2D eigenvalue weighted by molar-refractivity contribution is 0.0525. The van der Waals surface area contributed by atoms with Crippen LogP contribution in [-0.4, -0.2) is 31.1 Å². The van der Waals surface area contributed by atoms with E-state index in [0.717, 1.165) is 48.8 Å². The van der Waals surface area contributed by atoms with Crippen LogP contribution in [0.15, 0.2) is 12.1 Å². The molecule has 0 aromatic heterocycles. The van der Waals surface area contributed by atoms with Crippen molar-refractivity contribution in [2.24, 2.45) is 0 Å². The van der Waals surface area contributed by atoms with Crippen LogP contribution in [0.3, 0.4) is 0 Å². The van der Waals surface area contributed by atoms with Crippen LogP contribution in [0.2, 0.25) is 0 Å². The summed E-state index contributed by atoms with van der Waals surface area (Å²) in [5.74, 6) is 0.868. The highest BCUT2D eigenvalue weighted by atomic mass is 16.6. The first-order valence-electron chi connectivity index (χ1n) is 8.60. The van der Waals surface area contributed by atoms with Crippen LogP contribution < -0.4 is 10.1 Å². The summed E-state index contributed by atoms with van der Waals surface area (Å²) >= 11 is 0. The monoisotopic (exact) mass is 333 g/mol. The summed E-state index contributed by atoms with van der Waals surface area (Å²) in [6.45, 7) is 6.53. The third-order valence-electron chi connectivity index (χ3n) is 3.90. The van der Waals surface area contributed by atoms with E-state index in [9.17, 15) is 9.59 Å². The molecule has 2 rings (SSSR count). The maximum Gasteiger partial charge on any atom is 0.407 e. The van der Waals surface area contributed by atoms with Crippen LogP contribution in [-0.2, 0) is 17.6 Å². The molecule has 5 heteroatoms. The topological polar surface area (TPSA) is 64.6 Å². The maximum absolute atomic E-state index is 11.5. The fraction of sp³-hybridized carbons (Fsp3) is 0.579. The molecule has 0 saturated heterocycles. The quantitative estimate of drug-likeness (QED) is 0.637. The first-order valence-corrected chi connectivity index (χ1v) is 8.60. The van der Waals surface area contributed by atoms with Crippen molar-refractivity contribution >= 4 is 12.4 Å². The molecular weight excluding hydrogens is 306 g/mol. The van der Waals surface area contributed by atoms with Gasteiger partial charge in [0, 0.05) is 12.1 Å². The normalized spacial score (nSPS) is 13.8. The van der Waals surface area contributed by atoms with Crippen molar-refractivity contribution in [1.29, 1.82) is 0 Å². The van der Waals surface area contributed by atoms with Gasteiger partial charge in [-0.1, -0.05) is 0 Å². The van der Waals surface area contributed by atoms with Gasteiger partial charge in [-0.2, -0.15) is 0 Å². The SMILES string of the molecule is CC(C)(C)OC(=O)NCCCOc1ccc(C=O)c2c1CCCC2. The van der Waals surface area contributed by atoms with Gasteiger partial charge in [0.2, 0.25) is 0 Å². The number of alkyl carbamates (subject to hydrolysis) is 1. The van der Waals surface area contributed by atoms with Crippen molar-refractivity contribution in [3.63, 3.8) is 0 Å². The third kappa shape index (κ3) is 5.25. The molecule has 0 heterocycles. The lowest BCUT2D eigenvalue weighted by Gasteiger charge is -2.21. The van der Waals surface area contributed by atoms with E-state index in [0.29, 0.717) is 19.6 Å². The van der Waals surface area contributed by atoms with Gasteiger partial charge >= 0.3 is 6.09 Å². The molecule has 1 aliphatic carbocycles. The molecule has 1 amide bonds. The summed E-state index contributed by atoms with van der Waals surface area (Å²) in [5, 5.41) is 2.72. The van der Waals surface area contributed by atoms with E-state index in [1.807, 2.05) is 32.9 Å².